The van der Waals surface area contributed by atoms with Crippen LogP contribution in [-0.4, -0.2) is 51.3 Å². The average molecular weight is 323 g/mol. The smallest absolute Gasteiger partial charge is 0.257 e. The van der Waals surface area contributed by atoms with Crippen molar-refractivity contribution >= 4 is 11.8 Å². The molecule has 0 bridgehead atoms. The lowest BCUT2D eigenvalue weighted by atomic mass is 10.0. The highest BCUT2D eigenvalue weighted by Crippen LogP contribution is 2.28. The summed E-state index contributed by atoms with van der Waals surface area (Å²) in [5.41, 5.74) is 1.94. The van der Waals surface area contributed by atoms with Crippen LogP contribution in [0.5, 0.6) is 0 Å². The molecule has 2 aromatic rings. The summed E-state index contributed by atoms with van der Waals surface area (Å²) in [6.45, 7) is 3.53. The molecule has 0 saturated carbocycles. The zero-order chi connectivity index (χ0) is 16.7. The quantitative estimate of drug-likeness (QED) is 0.877. The van der Waals surface area contributed by atoms with E-state index in [0.29, 0.717) is 36.7 Å². The summed E-state index contributed by atoms with van der Waals surface area (Å²) in [6, 6.07) is 3.70. The lowest BCUT2D eigenvalue weighted by Crippen LogP contribution is -2.34. The fraction of sp³-hybridized carbons (Fsp3) is 0.353. The van der Waals surface area contributed by atoms with E-state index < -0.39 is 0 Å². The Morgan fingerprint density at radius 1 is 1.33 bits per heavy atom. The number of aryl methyl sites for hydroxylation is 1. The van der Waals surface area contributed by atoms with Crippen molar-refractivity contribution in [1.82, 2.24) is 25.2 Å². The van der Waals surface area contributed by atoms with Gasteiger partial charge in [-0.3, -0.25) is 14.6 Å². The third kappa shape index (κ3) is 2.42. The molecule has 0 aromatic carbocycles. The molecule has 1 N–H and O–H groups in total. The topological polar surface area (TPSA) is 88.1 Å². The van der Waals surface area contributed by atoms with E-state index >= 15 is 0 Å². The van der Waals surface area contributed by atoms with Crippen LogP contribution < -0.4 is 5.32 Å². The molecule has 2 saturated heterocycles. The Morgan fingerprint density at radius 3 is 2.92 bits per heavy atom. The molecule has 7 nitrogen and oxygen atoms in total. The molecule has 2 atom stereocenters. The van der Waals surface area contributed by atoms with Gasteiger partial charge in [0.2, 0.25) is 5.91 Å². The van der Waals surface area contributed by atoms with E-state index in [9.17, 15) is 9.59 Å². The monoisotopic (exact) mass is 323 g/mol. The first-order valence-corrected chi connectivity index (χ1v) is 7.94. The molecule has 0 spiro atoms. The predicted octanol–water partition coefficient (Wildman–Crippen LogP) is 0.665. The Morgan fingerprint density at radius 2 is 2.21 bits per heavy atom. The maximum atomic E-state index is 12.8. The number of amides is 2. The normalized spacial score (nSPS) is 22.4. The Hall–Kier alpha value is -2.83. The van der Waals surface area contributed by atoms with Gasteiger partial charge in [-0.1, -0.05) is 0 Å². The van der Waals surface area contributed by atoms with E-state index in [0.717, 1.165) is 5.56 Å². The van der Waals surface area contributed by atoms with Crippen LogP contribution in [0.2, 0.25) is 0 Å². The van der Waals surface area contributed by atoms with Gasteiger partial charge in [-0.2, -0.15) is 0 Å². The number of carbonyl (C=O) groups excluding carboxylic acids is 2. The van der Waals surface area contributed by atoms with Gasteiger partial charge in [-0.05, 0) is 19.1 Å². The van der Waals surface area contributed by atoms with Gasteiger partial charge in [0.15, 0.2) is 5.82 Å². The van der Waals surface area contributed by atoms with Crippen LogP contribution in [-0.2, 0) is 4.79 Å². The number of nitrogens with one attached hydrogen (secondary N) is 1. The molecule has 4 rings (SSSR count). The van der Waals surface area contributed by atoms with Crippen LogP contribution >= 0.6 is 0 Å². The van der Waals surface area contributed by atoms with E-state index in [-0.39, 0.29) is 23.7 Å². The predicted molar refractivity (Wildman–Crippen MR) is 85.9 cm³/mol. The number of fused-ring (bicyclic) bond motifs is 1. The maximum Gasteiger partial charge on any atom is 0.257 e. The lowest BCUT2D eigenvalue weighted by Gasteiger charge is -2.18. The largest absolute Gasteiger partial charge is 0.355 e. The molecule has 7 heteroatoms. The molecule has 0 aliphatic carbocycles. The summed E-state index contributed by atoms with van der Waals surface area (Å²) < 4.78 is 0. The summed E-state index contributed by atoms with van der Waals surface area (Å²) >= 11 is 0. The second-order valence-electron chi connectivity index (χ2n) is 6.26. The van der Waals surface area contributed by atoms with Crippen molar-refractivity contribution < 1.29 is 9.59 Å². The molecule has 0 radical (unpaired) electrons. The first-order valence-electron chi connectivity index (χ1n) is 7.94. The molecule has 24 heavy (non-hydrogen) atoms. The highest BCUT2D eigenvalue weighted by molar-refractivity contribution is 5.96. The summed E-state index contributed by atoms with van der Waals surface area (Å²) in [6.07, 6.45) is 4.95. The van der Waals surface area contributed by atoms with E-state index in [1.165, 1.54) is 0 Å². The van der Waals surface area contributed by atoms with Gasteiger partial charge in [-0.25, -0.2) is 9.97 Å². The Kier molecular flexibility index (Phi) is 3.48. The third-order valence-electron chi connectivity index (χ3n) is 4.73. The van der Waals surface area contributed by atoms with Crippen LogP contribution in [0.3, 0.4) is 0 Å². The lowest BCUT2D eigenvalue weighted by molar-refractivity contribution is -0.122. The zero-order valence-electron chi connectivity index (χ0n) is 13.3. The molecule has 4 heterocycles. The van der Waals surface area contributed by atoms with Gasteiger partial charge in [-0.15, -0.1) is 0 Å². The molecule has 2 aliphatic rings. The van der Waals surface area contributed by atoms with Crippen LogP contribution in [0.25, 0.3) is 11.4 Å². The number of pyridine rings is 1. The summed E-state index contributed by atoms with van der Waals surface area (Å²) in [5, 5.41) is 2.85. The minimum absolute atomic E-state index is 0.0511. The standard InChI is InChI=1S/C17H17N5O2/c1-10-13(7-19-15(21-10)11-3-2-4-18-5-11)17(24)22-8-12-6-20-16(23)14(12)9-22/h2-5,7,12,14H,6,8-9H2,1H3,(H,20,23)/t12-,14+/m0/s1. The van der Waals surface area contributed by atoms with Crippen molar-refractivity contribution in [2.45, 2.75) is 6.92 Å². The van der Waals surface area contributed by atoms with Crippen LogP contribution in [0.4, 0.5) is 0 Å². The second-order valence-corrected chi connectivity index (χ2v) is 6.26. The van der Waals surface area contributed by atoms with E-state index in [4.69, 9.17) is 0 Å². The molecule has 2 aliphatic heterocycles. The zero-order valence-corrected chi connectivity index (χ0v) is 13.3. The number of hydrogen-bond acceptors (Lipinski definition) is 5. The number of aromatic nitrogens is 3. The highest BCUT2D eigenvalue weighted by Gasteiger charge is 2.43. The third-order valence-corrected chi connectivity index (χ3v) is 4.73. The first kappa shape index (κ1) is 14.7. The molecule has 0 unspecified atom stereocenters. The first-order chi connectivity index (χ1) is 11.6. The molecule has 2 fully saturated rings. The number of rotatable bonds is 2. The van der Waals surface area contributed by atoms with Crippen LogP contribution in [0, 0.1) is 18.8 Å². The SMILES string of the molecule is Cc1nc(-c2cccnc2)ncc1C(=O)N1C[C@@H]2CNC(=O)[C@@H]2C1. The average Bonchev–Trinajstić information content (AvgIpc) is 3.17. The van der Waals surface area contributed by atoms with E-state index in [1.807, 2.05) is 12.1 Å². The minimum atomic E-state index is -0.104. The van der Waals surface area contributed by atoms with Gasteiger partial charge in [0.1, 0.15) is 0 Å². The van der Waals surface area contributed by atoms with Crippen molar-refractivity contribution in [2.24, 2.45) is 11.8 Å². The van der Waals surface area contributed by atoms with Crippen LogP contribution in [0.15, 0.2) is 30.7 Å². The molecular weight excluding hydrogens is 306 g/mol. The Labute approximate surface area is 139 Å². The second kappa shape index (κ2) is 5.67. The van der Waals surface area contributed by atoms with Crippen LogP contribution in [0.1, 0.15) is 16.1 Å². The molecule has 2 amide bonds. The van der Waals surface area contributed by atoms with Gasteiger partial charge >= 0.3 is 0 Å². The minimum Gasteiger partial charge on any atom is -0.355 e. The highest BCUT2D eigenvalue weighted by atomic mass is 16.2. The fourth-order valence-corrected chi connectivity index (χ4v) is 3.39. The fourth-order valence-electron chi connectivity index (χ4n) is 3.39. The number of nitrogens with zero attached hydrogens (tertiary/aromatic N) is 4. The number of hydrogen-bond donors (Lipinski definition) is 1. The van der Waals surface area contributed by atoms with E-state index in [2.05, 4.69) is 20.3 Å². The van der Waals surface area contributed by atoms with Gasteiger partial charge in [0, 0.05) is 49.7 Å². The van der Waals surface area contributed by atoms with Crippen molar-refractivity contribution in [3.05, 3.63) is 42.0 Å². The summed E-state index contributed by atoms with van der Waals surface area (Å²) in [7, 11) is 0. The summed E-state index contributed by atoms with van der Waals surface area (Å²) in [5.74, 6) is 0.639. The Balaban J connectivity index is 1.56. The van der Waals surface area contributed by atoms with Crippen molar-refractivity contribution in [1.29, 1.82) is 0 Å². The van der Waals surface area contributed by atoms with Gasteiger partial charge in [0.25, 0.3) is 5.91 Å². The summed E-state index contributed by atoms with van der Waals surface area (Å²) in [4.78, 5) is 39.1. The van der Waals surface area contributed by atoms with Gasteiger partial charge in [0.05, 0.1) is 17.2 Å². The molecule has 2 aromatic heterocycles. The van der Waals surface area contributed by atoms with Crippen molar-refractivity contribution in [3.8, 4) is 11.4 Å². The molecular formula is C17H17N5O2. The van der Waals surface area contributed by atoms with Crippen molar-refractivity contribution in [3.63, 3.8) is 0 Å². The van der Waals surface area contributed by atoms with Gasteiger partial charge < -0.3 is 10.2 Å². The van der Waals surface area contributed by atoms with Crippen molar-refractivity contribution in [2.75, 3.05) is 19.6 Å². The maximum absolute atomic E-state index is 12.8. The number of likely N-dealkylation sites (tertiary alicyclic amines) is 1. The Bertz CT molecular complexity index is 808. The number of carbonyl (C=O) groups is 2. The molecule has 122 valence electrons. The van der Waals surface area contributed by atoms with E-state index in [1.54, 1.807) is 30.4 Å².